The predicted molar refractivity (Wildman–Crippen MR) is 68.6 cm³/mol. The van der Waals surface area contributed by atoms with Gasteiger partial charge in [-0.15, -0.1) is 11.8 Å². The molecule has 0 unspecified atom stereocenters. The van der Waals surface area contributed by atoms with Crippen molar-refractivity contribution in [2.45, 2.75) is 24.1 Å². The van der Waals surface area contributed by atoms with Gasteiger partial charge in [0.05, 0.1) is 7.11 Å². The lowest BCUT2D eigenvalue weighted by Gasteiger charge is -2.33. The number of hydrogen-bond donors (Lipinski definition) is 1. The molecule has 4 nitrogen and oxygen atoms in total. The maximum Gasteiger partial charge on any atom is 0.320 e. The highest BCUT2D eigenvalue weighted by atomic mass is 32.2. The molecule has 0 radical (unpaired) electrons. The Morgan fingerprint density at radius 3 is 2.94 bits per heavy atom. The van der Waals surface area contributed by atoms with Crippen molar-refractivity contribution in [2.24, 2.45) is 0 Å². The summed E-state index contributed by atoms with van der Waals surface area (Å²) in [5, 5.41) is 3.99. The lowest BCUT2D eigenvalue weighted by molar-refractivity contribution is -0.140. The third kappa shape index (κ3) is 3.01. The highest BCUT2D eigenvalue weighted by Gasteiger charge is 2.30. The average Bonchev–Trinajstić information content (AvgIpc) is 3.12. The van der Waals surface area contributed by atoms with Crippen molar-refractivity contribution in [1.82, 2.24) is 10.2 Å². The Balaban J connectivity index is 1.85. The van der Waals surface area contributed by atoms with Crippen LogP contribution >= 0.6 is 24.0 Å². The van der Waals surface area contributed by atoms with Crippen LogP contribution in [-0.2, 0) is 9.53 Å². The molecule has 1 atom stereocenters. The number of nitrogens with one attached hydrogen (secondary N) is 1. The summed E-state index contributed by atoms with van der Waals surface area (Å²) in [5.74, 6) is 0.774. The first-order valence-corrected chi connectivity index (χ1v) is 6.91. The standard InChI is InChI=1S/C10H16N2O2S2/c1-14-9(13)8-6-12(4-5-16-8)10(15)11-7-2-3-7/h7-8H,2-6H2,1H3,(H,11,15)/t8-/m1/s1. The number of esters is 1. The van der Waals surface area contributed by atoms with Crippen molar-refractivity contribution in [3.63, 3.8) is 0 Å². The van der Waals surface area contributed by atoms with E-state index in [-0.39, 0.29) is 11.2 Å². The van der Waals surface area contributed by atoms with Crippen molar-refractivity contribution in [3.8, 4) is 0 Å². The summed E-state index contributed by atoms with van der Waals surface area (Å²) in [7, 11) is 1.43. The van der Waals surface area contributed by atoms with Gasteiger partial charge in [0.25, 0.3) is 0 Å². The molecule has 0 aromatic rings. The van der Waals surface area contributed by atoms with E-state index in [4.69, 9.17) is 17.0 Å². The minimum Gasteiger partial charge on any atom is -0.468 e. The third-order valence-corrected chi connectivity index (χ3v) is 4.26. The number of thiocarbonyl (C=S) groups is 1. The van der Waals surface area contributed by atoms with E-state index in [1.807, 2.05) is 0 Å². The Kier molecular flexibility index (Phi) is 3.91. The molecule has 1 aliphatic heterocycles. The predicted octanol–water partition coefficient (Wildman–Crippen LogP) is 0.614. The van der Waals surface area contributed by atoms with E-state index in [1.54, 1.807) is 11.8 Å². The van der Waals surface area contributed by atoms with Gasteiger partial charge in [-0.2, -0.15) is 0 Å². The van der Waals surface area contributed by atoms with Gasteiger partial charge in [-0.3, -0.25) is 4.79 Å². The summed E-state index contributed by atoms with van der Waals surface area (Å²) < 4.78 is 4.76. The summed E-state index contributed by atoms with van der Waals surface area (Å²) in [4.78, 5) is 13.5. The number of carbonyl (C=O) groups excluding carboxylic acids is 1. The molecule has 1 N–H and O–H groups in total. The number of rotatable bonds is 2. The molecule has 1 heterocycles. The first-order valence-electron chi connectivity index (χ1n) is 5.45. The molecule has 2 rings (SSSR count). The van der Waals surface area contributed by atoms with E-state index < -0.39 is 0 Å². The highest BCUT2D eigenvalue weighted by molar-refractivity contribution is 8.00. The van der Waals surface area contributed by atoms with E-state index >= 15 is 0 Å². The molecule has 0 aromatic heterocycles. The molecule has 2 fully saturated rings. The van der Waals surface area contributed by atoms with Crippen molar-refractivity contribution < 1.29 is 9.53 Å². The number of nitrogens with zero attached hydrogens (tertiary/aromatic N) is 1. The van der Waals surface area contributed by atoms with Crippen molar-refractivity contribution in [1.29, 1.82) is 0 Å². The Labute approximate surface area is 105 Å². The smallest absolute Gasteiger partial charge is 0.320 e. The van der Waals surface area contributed by atoms with E-state index in [9.17, 15) is 4.79 Å². The highest BCUT2D eigenvalue weighted by Crippen LogP contribution is 2.22. The number of thioether (sulfide) groups is 1. The third-order valence-electron chi connectivity index (χ3n) is 2.72. The van der Waals surface area contributed by atoms with Crippen LogP contribution in [0.2, 0.25) is 0 Å². The van der Waals surface area contributed by atoms with Crippen LogP contribution in [0.25, 0.3) is 0 Å². The number of hydrogen-bond acceptors (Lipinski definition) is 4. The summed E-state index contributed by atoms with van der Waals surface area (Å²) in [6.07, 6.45) is 2.42. The molecule has 1 aliphatic carbocycles. The molecule has 1 saturated heterocycles. The van der Waals surface area contributed by atoms with E-state index in [0.29, 0.717) is 12.6 Å². The minimum absolute atomic E-state index is 0.0993. The molecule has 0 bridgehead atoms. The van der Waals surface area contributed by atoms with E-state index in [2.05, 4.69) is 10.2 Å². The average molecular weight is 260 g/mol. The molecule has 0 aromatic carbocycles. The fourth-order valence-corrected chi connectivity index (χ4v) is 3.06. The van der Waals surface area contributed by atoms with Gasteiger partial charge < -0.3 is 15.0 Å². The molecular formula is C10H16N2O2S2. The molecule has 1 saturated carbocycles. The maximum absolute atomic E-state index is 11.4. The SMILES string of the molecule is COC(=O)[C@H]1CN(C(=S)NC2CC2)CCS1. The second-order valence-electron chi connectivity index (χ2n) is 4.05. The Hall–Kier alpha value is -0.490. The molecule has 2 aliphatic rings. The second-order valence-corrected chi connectivity index (χ2v) is 5.75. The van der Waals surface area contributed by atoms with Crippen LogP contribution in [0.4, 0.5) is 0 Å². The van der Waals surface area contributed by atoms with Crippen molar-refractivity contribution >= 4 is 35.1 Å². The normalized spacial score (nSPS) is 25.1. The largest absolute Gasteiger partial charge is 0.468 e. The molecule has 0 amide bonds. The van der Waals surface area contributed by atoms with Gasteiger partial charge in [0.2, 0.25) is 0 Å². The minimum atomic E-state index is -0.149. The summed E-state index contributed by atoms with van der Waals surface area (Å²) in [5.41, 5.74) is 0. The van der Waals surface area contributed by atoms with Gasteiger partial charge in [0.15, 0.2) is 5.11 Å². The van der Waals surface area contributed by atoms with Gasteiger partial charge >= 0.3 is 5.97 Å². The molecule has 16 heavy (non-hydrogen) atoms. The van der Waals surface area contributed by atoms with Crippen molar-refractivity contribution in [3.05, 3.63) is 0 Å². The quantitative estimate of drug-likeness (QED) is 0.580. The maximum atomic E-state index is 11.4. The number of carbonyl (C=O) groups is 1. The van der Waals surface area contributed by atoms with Gasteiger partial charge in [-0.05, 0) is 25.1 Å². The number of methoxy groups -OCH3 is 1. The Morgan fingerprint density at radius 2 is 2.31 bits per heavy atom. The van der Waals surface area contributed by atoms with Crippen LogP contribution in [0.15, 0.2) is 0 Å². The van der Waals surface area contributed by atoms with Gasteiger partial charge in [0, 0.05) is 24.9 Å². The molecule has 0 spiro atoms. The lowest BCUT2D eigenvalue weighted by Crippen LogP contribution is -2.49. The van der Waals surface area contributed by atoms with Crippen LogP contribution in [0.1, 0.15) is 12.8 Å². The number of ether oxygens (including phenoxy) is 1. The molecular weight excluding hydrogens is 244 g/mol. The van der Waals surface area contributed by atoms with Crippen LogP contribution in [0.3, 0.4) is 0 Å². The summed E-state index contributed by atoms with van der Waals surface area (Å²) in [6.45, 7) is 1.58. The van der Waals surface area contributed by atoms with Gasteiger partial charge in [-0.25, -0.2) is 0 Å². The molecule has 90 valence electrons. The van der Waals surface area contributed by atoms with E-state index in [0.717, 1.165) is 17.4 Å². The van der Waals surface area contributed by atoms with Crippen LogP contribution in [0, 0.1) is 0 Å². The lowest BCUT2D eigenvalue weighted by atomic mass is 10.3. The first-order chi connectivity index (χ1) is 7.70. The fraction of sp³-hybridized carbons (Fsp3) is 0.800. The van der Waals surface area contributed by atoms with E-state index in [1.165, 1.54) is 20.0 Å². The van der Waals surface area contributed by atoms with Crippen LogP contribution in [0.5, 0.6) is 0 Å². The second kappa shape index (κ2) is 5.23. The summed E-state index contributed by atoms with van der Waals surface area (Å²) >= 11 is 6.97. The monoisotopic (exact) mass is 260 g/mol. The molecule has 6 heteroatoms. The Bertz CT molecular complexity index is 295. The topological polar surface area (TPSA) is 41.6 Å². The summed E-state index contributed by atoms with van der Waals surface area (Å²) in [6, 6.07) is 0.568. The van der Waals surface area contributed by atoms with Crippen LogP contribution in [-0.4, -0.2) is 53.2 Å². The van der Waals surface area contributed by atoms with Gasteiger partial charge in [-0.1, -0.05) is 0 Å². The van der Waals surface area contributed by atoms with Gasteiger partial charge in [0.1, 0.15) is 5.25 Å². The Morgan fingerprint density at radius 1 is 1.56 bits per heavy atom. The first kappa shape index (κ1) is 12.0. The zero-order chi connectivity index (χ0) is 11.5. The zero-order valence-corrected chi connectivity index (χ0v) is 10.9. The zero-order valence-electron chi connectivity index (χ0n) is 9.27. The van der Waals surface area contributed by atoms with Crippen LogP contribution < -0.4 is 5.32 Å². The van der Waals surface area contributed by atoms with Crippen molar-refractivity contribution in [2.75, 3.05) is 26.0 Å². The fourth-order valence-electron chi connectivity index (χ4n) is 1.60.